The molecule has 0 saturated heterocycles. The van der Waals surface area contributed by atoms with Crippen LogP contribution in [0.5, 0.6) is 0 Å². The predicted molar refractivity (Wildman–Crippen MR) is 41.8 cm³/mol. The Morgan fingerprint density at radius 2 is 2.00 bits per heavy atom. The summed E-state index contributed by atoms with van der Waals surface area (Å²) in [5.41, 5.74) is 0. The zero-order chi connectivity index (χ0) is 7.82. The van der Waals surface area contributed by atoms with E-state index in [2.05, 4.69) is 0 Å². The first-order chi connectivity index (χ1) is 4.85. The Bertz CT molecular complexity index is 103. The predicted octanol–water partition coefficient (Wildman–Crippen LogP) is -0.420. The van der Waals surface area contributed by atoms with Gasteiger partial charge in [-0.2, -0.15) is 0 Å². The van der Waals surface area contributed by atoms with Gasteiger partial charge in [-0.3, -0.25) is 0 Å². The second-order valence-electron chi connectivity index (χ2n) is 1.58. The van der Waals surface area contributed by atoms with Crippen molar-refractivity contribution in [2.24, 2.45) is 0 Å². The van der Waals surface area contributed by atoms with Gasteiger partial charge in [0.1, 0.15) is 0 Å². The van der Waals surface area contributed by atoms with E-state index in [1.165, 1.54) is 17.8 Å². The van der Waals surface area contributed by atoms with Gasteiger partial charge in [-0.05, 0) is 6.08 Å². The molecule has 0 aromatic rings. The normalized spacial score (nSPS) is 12.1. The van der Waals surface area contributed by atoms with Crippen LogP contribution in [0.4, 0.5) is 0 Å². The summed E-state index contributed by atoms with van der Waals surface area (Å²) in [6.07, 6.45) is 1.53. The monoisotopic (exact) mass is 164 g/mol. The van der Waals surface area contributed by atoms with Gasteiger partial charge >= 0.3 is 0 Å². The van der Waals surface area contributed by atoms with E-state index in [1.54, 1.807) is 0 Å². The molecule has 3 nitrogen and oxygen atoms in total. The van der Waals surface area contributed by atoms with E-state index >= 15 is 0 Å². The van der Waals surface area contributed by atoms with E-state index < -0.39 is 0 Å². The largest absolute Gasteiger partial charge is 0.396 e. The number of rotatable bonds is 5. The summed E-state index contributed by atoms with van der Waals surface area (Å²) in [5, 5.41) is 25.4. The summed E-state index contributed by atoms with van der Waals surface area (Å²) in [6.45, 7) is -0.0347. The van der Waals surface area contributed by atoms with Crippen molar-refractivity contribution in [2.75, 3.05) is 25.6 Å². The second-order valence-corrected chi connectivity index (χ2v) is 2.80. The first-order valence-corrected chi connectivity index (χ1v) is 3.98. The van der Waals surface area contributed by atoms with Crippen LogP contribution < -0.4 is 0 Å². The van der Waals surface area contributed by atoms with E-state index in [4.69, 9.17) is 15.3 Å². The lowest BCUT2D eigenvalue weighted by molar-refractivity contribution is 0.320. The highest BCUT2D eigenvalue weighted by Crippen LogP contribution is 2.12. The molecule has 0 rings (SSSR count). The topological polar surface area (TPSA) is 60.7 Å². The summed E-state index contributed by atoms with van der Waals surface area (Å²) in [6, 6.07) is 0. The van der Waals surface area contributed by atoms with Gasteiger partial charge < -0.3 is 15.3 Å². The number of hydrogen-bond donors (Lipinski definition) is 3. The molecule has 0 unspecified atom stereocenters. The van der Waals surface area contributed by atoms with Crippen molar-refractivity contribution in [3.63, 3.8) is 0 Å². The minimum atomic E-state index is -0.0643. The van der Waals surface area contributed by atoms with E-state index in [9.17, 15) is 0 Å². The van der Waals surface area contributed by atoms with Gasteiger partial charge in [0.15, 0.2) is 0 Å². The lowest BCUT2D eigenvalue weighted by Crippen LogP contribution is -1.92. The summed E-state index contributed by atoms with van der Waals surface area (Å²) >= 11 is 1.35. The Morgan fingerprint density at radius 1 is 1.30 bits per heavy atom. The zero-order valence-electron chi connectivity index (χ0n) is 5.66. The molecule has 0 aliphatic carbocycles. The summed E-state index contributed by atoms with van der Waals surface area (Å²) in [5.74, 6) is 0.562. The van der Waals surface area contributed by atoms with Crippen molar-refractivity contribution in [3.05, 3.63) is 11.0 Å². The maximum Gasteiger partial charge on any atom is 0.0738 e. The molecule has 3 N–H and O–H groups in total. The molecule has 0 saturated carbocycles. The van der Waals surface area contributed by atoms with Gasteiger partial charge in [0.05, 0.1) is 19.8 Å². The minimum absolute atomic E-state index is 0.0612. The molecule has 0 aromatic heterocycles. The molecule has 0 fully saturated rings. The maximum absolute atomic E-state index is 8.60. The minimum Gasteiger partial charge on any atom is -0.396 e. The molecule has 0 atom stereocenters. The Balaban J connectivity index is 3.49. The van der Waals surface area contributed by atoms with Crippen molar-refractivity contribution < 1.29 is 15.3 Å². The number of hydrogen-bond acceptors (Lipinski definition) is 4. The zero-order valence-corrected chi connectivity index (χ0v) is 6.47. The quantitative estimate of drug-likeness (QED) is 0.516. The second kappa shape index (κ2) is 7.08. The molecule has 0 aliphatic heterocycles. The number of thioether (sulfide) groups is 1. The highest BCUT2D eigenvalue weighted by atomic mass is 32.2. The Kier molecular flexibility index (Phi) is 7.06. The van der Waals surface area contributed by atoms with Crippen molar-refractivity contribution in [3.8, 4) is 0 Å². The SMILES string of the molecule is OCC=C(CO)SCCO. The van der Waals surface area contributed by atoms with Crippen molar-refractivity contribution >= 4 is 11.8 Å². The summed E-state index contributed by atoms with van der Waals surface area (Å²) in [4.78, 5) is 0.705. The van der Waals surface area contributed by atoms with Crippen molar-refractivity contribution in [1.82, 2.24) is 0 Å². The van der Waals surface area contributed by atoms with Crippen LogP contribution in [0.1, 0.15) is 0 Å². The average molecular weight is 164 g/mol. The van der Waals surface area contributed by atoms with Crippen LogP contribution in [0, 0.1) is 0 Å². The van der Waals surface area contributed by atoms with Gasteiger partial charge in [0.25, 0.3) is 0 Å². The lowest BCUT2D eigenvalue weighted by atomic mass is 10.5. The van der Waals surface area contributed by atoms with Crippen LogP contribution >= 0.6 is 11.8 Å². The smallest absolute Gasteiger partial charge is 0.0738 e. The molecule has 0 aromatic carbocycles. The third-order valence-electron chi connectivity index (χ3n) is 0.854. The molecule has 0 bridgehead atoms. The molecule has 0 heterocycles. The fourth-order valence-corrected chi connectivity index (χ4v) is 1.08. The fraction of sp³-hybridized carbons (Fsp3) is 0.667. The average Bonchev–Trinajstić information content (AvgIpc) is 1.98. The molecule has 0 radical (unpaired) electrons. The highest BCUT2D eigenvalue weighted by molar-refractivity contribution is 8.03. The Labute approximate surface area is 64.4 Å². The lowest BCUT2D eigenvalue weighted by Gasteiger charge is -1.99. The number of aliphatic hydroxyl groups is 3. The first-order valence-electron chi connectivity index (χ1n) is 2.99. The Morgan fingerprint density at radius 3 is 2.40 bits per heavy atom. The molecular weight excluding hydrogens is 152 g/mol. The maximum atomic E-state index is 8.60. The molecule has 0 aliphatic rings. The molecule has 0 amide bonds. The van der Waals surface area contributed by atoms with E-state index in [0.29, 0.717) is 10.7 Å². The van der Waals surface area contributed by atoms with Crippen molar-refractivity contribution in [2.45, 2.75) is 0 Å². The van der Waals surface area contributed by atoms with Crippen LogP contribution in [0.3, 0.4) is 0 Å². The standard InChI is InChI=1S/C6H12O3S/c7-2-1-6(5-9)10-4-3-8/h1,7-9H,2-5H2. The van der Waals surface area contributed by atoms with Gasteiger partial charge in [-0.15, -0.1) is 11.8 Å². The molecule has 4 heteroatoms. The number of aliphatic hydroxyl groups excluding tert-OH is 3. The molecular formula is C6H12O3S. The third kappa shape index (κ3) is 4.81. The molecule has 60 valence electrons. The van der Waals surface area contributed by atoms with E-state index in [-0.39, 0.29) is 19.8 Å². The van der Waals surface area contributed by atoms with Gasteiger partial charge in [-0.1, -0.05) is 0 Å². The summed E-state index contributed by atoms with van der Waals surface area (Å²) < 4.78 is 0. The van der Waals surface area contributed by atoms with Crippen LogP contribution in [-0.4, -0.2) is 40.9 Å². The van der Waals surface area contributed by atoms with Gasteiger partial charge in [-0.25, -0.2) is 0 Å². The van der Waals surface area contributed by atoms with Crippen LogP contribution in [-0.2, 0) is 0 Å². The highest BCUT2D eigenvalue weighted by Gasteiger charge is 1.93. The van der Waals surface area contributed by atoms with E-state index in [0.717, 1.165) is 0 Å². The van der Waals surface area contributed by atoms with Gasteiger partial charge in [0.2, 0.25) is 0 Å². The van der Waals surface area contributed by atoms with Crippen LogP contribution in [0.25, 0.3) is 0 Å². The van der Waals surface area contributed by atoms with E-state index in [1.807, 2.05) is 0 Å². The van der Waals surface area contributed by atoms with Gasteiger partial charge in [0, 0.05) is 10.7 Å². The van der Waals surface area contributed by atoms with Crippen LogP contribution in [0.2, 0.25) is 0 Å². The molecule has 0 spiro atoms. The molecule has 10 heavy (non-hydrogen) atoms. The third-order valence-corrected chi connectivity index (χ3v) is 1.91. The first kappa shape index (κ1) is 9.97. The van der Waals surface area contributed by atoms with Crippen LogP contribution in [0.15, 0.2) is 11.0 Å². The fourth-order valence-electron chi connectivity index (χ4n) is 0.448. The Hall–Kier alpha value is -0.0300. The van der Waals surface area contributed by atoms with Crippen molar-refractivity contribution in [1.29, 1.82) is 0 Å². The summed E-state index contributed by atoms with van der Waals surface area (Å²) in [7, 11) is 0.